The van der Waals surface area contributed by atoms with Gasteiger partial charge in [0.05, 0.1) is 0 Å². The summed E-state index contributed by atoms with van der Waals surface area (Å²) in [5.41, 5.74) is 0.818. The number of phenolic OH excluding ortho intramolecular Hbond substituents is 1. The van der Waals surface area contributed by atoms with Crippen molar-refractivity contribution in [1.82, 2.24) is 0 Å². The SMILES string of the molecule is C=CC(C)c1cc(Oc2ccccc2)ccc1O. The number of aromatic hydroxyl groups is 1. The molecule has 1 atom stereocenters. The van der Waals surface area contributed by atoms with Gasteiger partial charge in [-0.05, 0) is 30.3 Å². The summed E-state index contributed by atoms with van der Waals surface area (Å²) in [6, 6.07) is 14.8. The van der Waals surface area contributed by atoms with E-state index in [1.165, 1.54) is 0 Å². The van der Waals surface area contributed by atoms with Gasteiger partial charge in [-0.15, -0.1) is 6.58 Å². The summed E-state index contributed by atoms with van der Waals surface area (Å²) in [5, 5.41) is 9.80. The van der Waals surface area contributed by atoms with Crippen LogP contribution >= 0.6 is 0 Å². The fraction of sp³-hybridized carbons (Fsp3) is 0.125. The van der Waals surface area contributed by atoms with Gasteiger partial charge in [-0.25, -0.2) is 0 Å². The quantitative estimate of drug-likeness (QED) is 0.799. The Morgan fingerprint density at radius 3 is 2.50 bits per heavy atom. The lowest BCUT2D eigenvalue weighted by Crippen LogP contribution is -1.91. The van der Waals surface area contributed by atoms with Crippen LogP contribution < -0.4 is 4.74 Å². The zero-order valence-corrected chi connectivity index (χ0v) is 10.3. The van der Waals surface area contributed by atoms with Gasteiger partial charge in [0, 0.05) is 11.5 Å². The van der Waals surface area contributed by atoms with E-state index in [9.17, 15) is 5.11 Å². The topological polar surface area (TPSA) is 29.5 Å². The van der Waals surface area contributed by atoms with Gasteiger partial charge in [0.2, 0.25) is 0 Å². The van der Waals surface area contributed by atoms with Crippen molar-refractivity contribution in [2.75, 3.05) is 0 Å². The van der Waals surface area contributed by atoms with Gasteiger partial charge in [-0.2, -0.15) is 0 Å². The van der Waals surface area contributed by atoms with E-state index in [-0.39, 0.29) is 11.7 Å². The minimum atomic E-state index is 0.0873. The second-order valence-corrected chi connectivity index (χ2v) is 4.16. The fourth-order valence-electron chi connectivity index (χ4n) is 1.71. The maximum Gasteiger partial charge on any atom is 0.127 e. The molecule has 1 N–H and O–H groups in total. The fourth-order valence-corrected chi connectivity index (χ4v) is 1.71. The van der Waals surface area contributed by atoms with Gasteiger partial charge in [0.15, 0.2) is 0 Å². The van der Waals surface area contributed by atoms with Crippen molar-refractivity contribution in [3.63, 3.8) is 0 Å². The van der Waals surface area contributed by atoms with Crippen molar-refractivity contribution in [2.24, 2.45) is 0 Å². The highest BCUT2D eigenvalue weighted by molar-refractivity contribution is 5.44. The van der Waals surface area contributed by atoms with Gasteiger partial charge in [0.1, 0.15) is 17.2 Å². The number of benzene rings is 2. The minimum absolute atomic E-state index is 0.0873. The molecule has 18 heavy (non-hydrogen) atoms. The van der Waals surface area contributed by atoms with Gasteiger partial charge < -0.3 is 9.84 Å². The predicted octanol–water partition coefficient (Wildman–Crippen LogP) is 4.47. The van der Waals surface area contributed by atoms with Crippen LogP contribution in [0, 0.1) is 0 Å². The maximum absolute atomic E-state index is 9.80. The normalized spacial score (nSPS) is 11.8. The molecule has 0 aromatic heterocycles. The first kappa shape index (κ1) is 12.2. The first-order valence-electron chi connectivity index (χ1n) is 5.89. The molecule has 2 aromatic carbocycles. The Morgan fingerprint density at radius 2 is 1.83 bits per heavy atom. The lowest BCUT2D eigenvalue weighted by Gasteiger charge is -2.12. The first-order chi connectivity index (χ1) is 8.70. The molecule has 0 aliphatic heterocycles. The lowest BCUT2D eigenvalue weighted by molar-refractivity contribution is 0.456. The Labute approximate surface area is 107 Å². The molecule has 0 saturated heterocycles. The van der Waals surface area contributed by atoms with Crippen LogP contribution in [-0.4, -0.2) is 5.11 Å². The highest BCUT2D eigenvalue weighted by Gasteiger charge is 2.09. The summed E-state index contributed by atoms with van der Waals surface area (Å²) in [4.78, 5) is 0. The number of ether oxygens (including phenoxy) is 1. The number of hydrogen-bond acceptors (Lipinski definition) is 2. The molecule has 2 nitrogen and oxygen atoms in total. The molecule has 0 amide bonds. The summed E-state index contributed by atoms with van der Waals surface area (Å²) < 4.78 is 5.72. The Kier molecular flexibility index (Phi) is 3.68. The average molecular weight is 240 g/mol. The van der Waals surface area contributed by atoms with Crippen LogP contribution in [0.2, 0.25) is 0 Å². The third-order valence-corrected chi connectivity index (χ3v) is 2.82. The van der Waals surface area contributed by atoms with Crippen LogP contribution in [0.4, 0.5) is 0 Å². The van der Waals surface area contributed by atoms with Crippen LogP contribution in [0.5, 0.6) is 17.2 Å². The van der Waals surface area contributed by atoms with Gasteiger partial charge in [-0.3, -0.25) is 0 Å². The molecule has 0 aliphatic carbocycles. The highest BCUT2D eigenvalue weighted by Crippen LogP contribution is 2.32. The van der Waals surface area contributed by atoms with E-state index in [0.717, 1.165) is 11.3 Å². The summed E-state index contributed by atoms with van der Waals surface area (Å²) in [6.45, 7) is 5.72. The molecule has 2 heteroatoms. The first-order valence-corrected chi connectivity index (χ1v) is 5.89. The molecular formula is C16H16O2. The largest absolute Gasteiger partial charge is 0.508 e. The van der Waals surface area contributed by atoms with E-state index in [0.29, 0.717) is 5.75 Å². The summed E-state index contributed by atoms with van der Waals surface area (Å²) >= 11 is 0. The van der Waals surface area contributed by atoms with E-state index in [1.807, 2.05) is 43.3 Å². The van der Waals surface area contributed by atoms with E-state index in [4.69, 9.17) is 4.74 Å². The van der Waals surface area contributed by atoms with E-state index < -0.39 is 0 Å². The van der Waals surface area contributed by atoms with Gasteiger partial charge >= 0.3 is 0 Å². The van der Waals surface area contributed by atoms with Crippen molar-refractivity contribution in [3.05, 3.63) is 66.7 Å². The van der Waals surface area contributed by atoms with E-state index in [1.54, 1.807) is 18.2 Å². The van der Waals surface area contributed by atoms with Crippen molar-refractivity contribution in [1.29, 1.82) is 0 Å². The van der Waals surface area contributed by atoms with E-state index in [2.05, 4.69) is 6.58 Å². The molecule has 0 bridgehead atoms. The Hall–Kier alpha value is -2.22. The van der Waals surface area contributed by atoms with E-state index >= 15 is 0 Å². The highest BCUT2D eigenvalue weighted by atomic mass is 16.5. The maximum atomic E-state index is 9.80. The summed E-state index contributed by atoms with van der Waals surface area (Å²) in [6.07, 6.45) is 1.79. The molecule has 0 radical (unpaired) electrons. The van der Waals surface area contributed by atoms with Crippen LogP contribution in [0.25, 0.3) is 0 Å². The average Bonchev–Trinajstić information content (AvgIpc) is 2.41. The smallest absolute Gasteiger partial charge is 0.127 e. The van der Waals surface area contributed by atoms with Gasteiger partial charge in [0.25, 0.3) is 0 Å². The van der Waals surface area contributed by atoms with Crippen molar-refractivity contribution >= 4 is 0 Å². The monoisotopic (exact) mass is 240 g/mol. The molecule has 2 aromatic rings. The molecule has 92 valence electrons. The third-order valence-electron chi connectivity index (χ3n) is 2.82. The summed E-state index contributed by atoms with van der Waals surface area (Å²) in [5.74, 6) is 1.84. The zero-order valence-electron chi connectivity index (χ0n) is 10.3. The van der Waals surface area contributed by atoms with Gasteiger partial charge in [-0.1, -0.05) is 31.2 Å². The molecule has 0 heterocycles. The molecule has 0 fully saturated rings. The van der Waals surface area contributed by atoms with Crippen LogP contribution in [-0.2, 0) is 0 Å². The third kappa shape index (κ3) is 2.72. The second kappa shape index (κ2) is 5.41. The molecule has 2 rings (SSSR count). The number of para-hydroxylation sites is 1. The Morgan fingerprint density at radius 1 is 1.11 bits per heavy atom. The zero-order chi connectivity index (χ0) is 13.0. The predicted molar refractivity (Wildman–Crippen MR) is 73.2 cm³/mol. The van der Waals surface area contributed by atoms with Crippen molar-refractivity contribution in [2.45, 2.75) is 12.8 Å². The standard InChI is InChI=1S/C16H16O2/c1-3-12(2)15-11-14(9-10-16(15)17)18-13-7-5-4-6-8-13/h3-12,17H,1H2,2H3. The molecule has 0 spiro atoms. The number of rotatable bonds is 4. The number of hydrogen-bond donors (Lipinski definition) is 1. The second-order valence-electron chi connectivity index (χ2n) is 4.16. The van der Waals surface area contributed by atoms with Crippen molar-refractivity contribution in [3.8, 4) is 17.2 Å². The number of allylic oxidation sites excluding steroid dienone is 1. The molecular weight excluding hydrogens is 224 g/mol. The molecule has 1 unspecified atom stereocenters. The molecule has 0 saturated carbocycles. The Balaban J connectivity index is 2.27. The minimum Gasteiger partial charge on any atom is -0.508 e. The van der Waals surface area contributed by atoms with Crippen LogP contribution in [0.1, 0.15) is 18.4 Å². The molecule has 0 aliphatic rings. The number of phenols is 1. The Bertz CT molecular complexity index is 532. The van der Waals surface area contributed by atoms with Crippen LogP contribution in [0.15, 0.2) is 61.2 Å². The summed E-state index contributed by atoms with van der Waals surface area (Å²) in [7, 11) is 0. The lowest BCUT2D eigenvalue weighted by atomic mass is 10.0. The van der Waals surface area contributed by atoms with Crippen molar-refractivity contribution < 1.29 is 9.84 Å². The van der Waals surface area contributed by atoms with Crippen LogP contribution in [0.3, 0.4) is 0 Å².